The van der Waals surface area contributed by atoms with Crippen molar-refractivity contribution in [3.8, 4) is 0 Å². The van der Waals surface area contributed by atoms with Crippen LogP contribution in [0.2, 0.25) is 0 Å². The highest BCUT2D eigenvalue weighted by Gasteiger charge is 2.33. The number of alkyl halides is 3. The maximum absolute atomic E-state index is 12.5. The number of piperidine rings is 1. The molecule has 0 radical (unpaired) electrons. The molecule has 0 aliphatic carbocycles. The largest absolute Gasteiger partial charge is 0.433 e. The molecule has 1 aromatic heterocycles. The molecule has 0 unspecified atom stereocenters. The average molecular weight is 273 g/mol. The van der Waals surface area contributed by atoms with Crippen LogP contribution in [0.4, 0.5) is 19.1 Å². The van der Waals surface area contributed by atoms with Crippen molar-refractivity contribution >= 4 is 11.8 Å². The molecular weight excluding hydrogens is 259 g/mol. The van der Waals surface area contributed by atoms with E-state index >= 15 is 0 Å². The topological polar surface area (TPSA) is 78.9 Å². The molecule has 1 saturated heterocycles. The van der Waals surface area contributed by atoms with Crippen molar-refractivity contribution in [1.29, 1.82) is 5.41 Å². The first kappa shape index (κ1) is 13.6. The van der Waals surface area contributed by atoms with Gasteiger partial charge in [0.15, 0.2) is 0 Å². The molecule has 0 saturated carbocycles. The molecular formula is C11H14F3N5. The molecule has 8 heteroatoms. The van der Waals surface area contributed by atoms with Crippen LogP contribution in [0.3, 0.4) is 0 Å². The second-order valence-corrected chi connectivity index (χ2v) is 4.46. The zero-order valence-electron chi connectivity index (χ0n) is 10.1. The summed E-state index contributed by atoms with van der Waals surface area (Å²) in [5.41, 5.74) is 4.48. The third kappa shape index (κ3) is 3.12. The molecule has 0 aromatic carbocycles. The Hall–Kier alpha value is -1.86. The van der Waals surface area contributed by atoms with Crippen molar-refractivity contribution in [1.82, 2.24) is 9.97 Å². The number of nitrogens with one attached hydrogen (secondary N) is 1. The second-order valence-electron chi connectivity index (χ2n) is 4.46. The van der Waals surface area contributed by atoms with Crippen molar-refractivity contribution in [3.63, 3.8) is 0 Å². The van der Waals surface area contributed by atoms with Gasteiger partial charge in [0, 0.05) is 25.2 Å². The van der Waals surface area contributed by atoms with Gasteiger partial charge >= 0.3 is 6.18 Å². The fourth-order valence-electron chi connectivity index (χ4n) is 2.05. The highest BCUT2D eigenvalue weighted by Crippen LogP contribution is 2.29. The zero-order valence-corrected chi connectivity index (χ0v) is 10.1. The second kappa shape index (κ2) is 5.02. The van der Waals surface area contributed by atoms with Crippen LogP contribution in [-0.4, -0.2) is 28.9 Å². The highest BCUT2D eigenvalue weighted by atomic mass is 19.4. The molecule has 1 fully saturated rings. The molecule has 0 atom stereocenters. The van der Waals surface area contributed by atoms with Crippen LogP contribution in [0.5, 0.6) is 0 Å². The Labute approximate surface area is 108 Å². The van der Waals surface area contributed by atoms with Gasteiger partial charge in [-0.05, 0) is 18.9 Å². The third-order valence-electron chi connectivity index (χ3n) is 3.15. The first-order valence-corrected chi connectivity index (χ1v) is 5.87. The Morgan fingerprint density at radius 1 is 1.37 bits per heavy atom. The van der Waals surface area contributed by atoms with Gasteiger partial charge in [-0.2, -0.15) is 13.2 Å². The molecule has 1 aliphatic heterocycles. The Kier molecular flexibility index (Phi) is 3.59. The molecule has 2 rings (SSSR count). The van der Waals surface area contributed by atoms with E-state index in [1.54, 1.807) is 4.90 Å². The number of hydrogen-bond donors (Lipinski definition) is 2. The minimum atomic E-state index is -4.46. The number of aromatic nitrogens is 2. The lowest BCUT2D eigenvalue weighted by Gasteiger charge is -2.31. The number of halogens is 3. The average Bonchev–Trinajstić information content (AvgIpc) is 2.38. The Morgan fingerprint density at radius 2 is 2.00 bits per heavy atom. The van der Waals surface area contributed by atoms with Gasteiger partial charge in [0.05, 0.1) is 5.84 Å². The van der Waals surface area contributed by atoms with Crippen LogP contribution in [0.1, 0.15) is 18.5 Å². The maximum atomic E-state index is 12.5. The standard InChI is InChI=1S/C11H14F3N5/c12-11(13,14)8-1-4-17-10(18-8)19-5-2-7(3-6-19)9(15)16/h1,4,7H,2-3,5-6H2,(H3,15,16). The zero-order chi connectivity index (χ0) is 14.0. The Morgan fingerprint density at radius 3 is 2.53 bits per heavy atom. The summed E-state index contributed by atoms with van der Waals surface area (Å²) in [5, 5.41) is 7.35. The number of anilines is 1. The normalized spacial score (nSPS) is 17.5. The van der Waals surface area contributed by atoms with Gasteiger partial charge in [-0.25, -0.2) is 9.97 Å². The van der Waals surface area contributed by atoms with Crippen LogP contribution in [0.15, 0.2) is 12.3 Å². The van der Waals surface area contributed by atoms with Gasteiger partial charge in [0.1, 0.15) is 5.69 Å². The van der Waals surface area contributed by atoms with Gasteiger partial charge in [-0.1, -0.05) is 0 Å². The van der Waals surface area contributed by atoms with Crippen molar-refractivity contribution in [3.05, 3.63) is 18.0 Å². The Bertz CT molecular complexity index is 466. The first-order valence-electron chi connectivity index (χ1n) is 5.87. The van der Waals surface area contributed by atoms with Crippen LogP contribution in [-0.2, 0) is 6.18 Å². The molecule has 1 aliphatic rings. The number of hydrogen-bond acceptors (Lipinski definition) is 4. The predicted octanol–water partition coefficient (Wildman–Crippen LogP) is 1.65. The van der Waals surface area contributed by atoms with Gasteiger partial charge in [0.25, 0.3) is 0 Å². The molecule has 1 aromatic rings. The fourth-order valence-corrected chi connectivity index (χ4v) is 2.05. The van der Waals surface area contributed by atoms with Crippen LogP contribution in [0, 0.1) is 11.3 Å². The monoisotopic (exact) mass is 273 g/mol. The van der Waals surface area contributed by atoms with E-state index in [9.17, 15) is 13.2 Å². The SMILES string of the molecule is N=C(N)C1CCN(c2nccc(C(F)(F)F)n2)CC1. The van der Waals surface area contributed by atoms with Gasteiger partial charge in [0.2, 0.25) is 5.95 Å². The summed E-state index contributed by atoms with van der Waals surface area (Å²) in [5.74, 6) is 0.212. The van der Waals surface area contributed by atoms with Crippen molar-refractivity contribution in [2.75, 3.05) is 18.0 Å². The quantitative estimate of drug-likeness (QED) is 0.634. The Balaban J connectivity index is 2.10. The van der Waals surface area contributed by atoms with E-state index in [0.717, 1.165) is 12.3 Å². The van der Waals surface area contributed by atoms with Gasteiger partial charge in [-0.15, -0.1) is 0 Å². The third-order valence-corrected chi connectivity index (χ3v) is 3.15. The summed E-state index contributed by atoms with van der Waals surface area (Å²) in [6.07, 6.45) is -2.08. The molecule has 5 nitrogen and oxygen atoms in total. The maximum Gasteiger partial charge on any atom is 0.433 e. The molecule has 0 bridgehead atoms. The molecule has 3 N–H and O–H groups in total. The summed E-state index contributed by atoms with van der Waals surface area (Å²) in [7, 11) is 0. The number of nitrogens with two attached hydrogens (primary N) is 1. The first-order chi connectivity index (χ1) is 8.88. The van der Waals surface area contributed by atoms with Gasteiger partial charge < -0.3 is 10.6 Å². The molecule has 0 amide bonds. The van der Waals surface area contributed by atoms with Crippen molar-refractivity contribution < 1.29 is 13.2 Å². The summed E-state index contributed by atoms with van der Waals surface area (Å²) in [6, 6.07) is 0.853. The summed E-state index contributed by atoms with van der Waals surface area (Å²) in [6.45, 7) is 1.01. The van der Waals surface area contributed by atoms with Crippen molar-refractivity contribution in [2.45, 2.75) is 19.0 Å². The predicted molar refractivity (Wildman–Crippen MR) is 63.9 cm³/mol. The van der Waals surface area contributed by atoms with Crippen LogP contribution < -0.4 is 10.6 Å². The van der Waals surface area contributed by atoms with E-state index in [4.69, 9.17) is 11.1 Å². The van der Waals surface area contributed by atoms with Crippen molar-refractivity contribution in [2.24, 2.45) is 11.7 Å². The fraction of sp³-hybridized carbons (Fsp3) is 0.545. The summed E-state index contributed by atoms with van der Waals surface area (Å²) >= 11 is 0. The number of nitrogens with zero attached hydrogens (tertiary/aromatic N) is 3. The lowest BCUT2D eigenvalue weighted by Crippen LogP contribution is -2.39. The lowest BCUT2D eigenvalue weighted by atomic mass is 9.96. The van der Waals surface area contributed by atoms with Crippen LogP contribution in [0.25, 0.3) is 0 Å². The molecule has 104 valence electrons. The number of rotatable bonds is 2. The molecule has 2 heterocycles. The van der Waals surface area contributed by atoms with Crippen LogP contribution >= 0.6 is 0 Å². The van der Waals surface area contributed by atoms with E-state index in [0.29, 0.717) is 25.9 Å². The smallest absolute Gasteiger partial charge is 0.387 e. The summed E-state index contributed by atoms with van der Waals surface area (Å²) in [4.78, 5) is 9.11. The highest BCUT2D eigenvalue weighted by molar-refractivity contribution is 5.79. The van der Waals surface area contributed by atoms with E-state index < -0.39 is 11.9 Å². The number of amidine groups is 1. The minimum Gasteiger partial charge on any atom is -0.387 e. The lowest BCUT2D eigenvalue weighted by molar-refractivity contribution is -0.141. The van der Waals surface area contributed by atoms with Gasteiger partial charge in [-0.3, -0.25) is 5.41 Å². The molecule has 19 heavy (non-hydrogen) atoms. The van der Waals surface area contributed by atoms with E-state index in [1.807, 2.05) is 0 Å². The van der Waals surface area contributed by atoms with E-state index in [2.05, 4.69) is 9.97 Å². The van der Waals surface area contributed by atoms with E-state index in [1.165, 1.54) is 0 Å². The minimum absolute atomic E-state index is 0.00190. The van der Waals surface area contributed by atoms with E-state index in [-0.39, 0.29) is 17.7 Å². The summed E-state index contributed by atoms with van der Waals surface area (Å²) < 4.78 is 37.6. The molecule has 0 spiro atoms.